The number of anilines is 2. The number of furan rings is 1. The van der Waals surface area contributed by atoms with Crippen molar-refractivity contribution in [3.05, 3.63) is 101 Å². The molecule has 0 spiro atoms. The summed E-state index contributed by atoms with van der Waals surface area (Å²) in [6.07, 6.45) is 1.70. The maximum absolute atomic E-state index is 12.3. The molecule has 1 saturated heterocycles. The fraction of sp³-hybridized carbons (Fsp3) is 0.179. The monoisotopic (exact) mass is 559 g/mol. The van der Waals surface area contributed by atoms with Crippen LogP contribution in [0.3, 0.4) is 0 Å². The van der Waals surface area contributed by atoms with E-state index < -0.39 is 11.0 Å². The van der Waals surface area contributed by atoms with Crippen molar-refractivity contribution >= 4 is 40.3 Å². The number of nitrogens with zero attached hydrogens (tertiary/aromatic N) is 3. The molecule has 11 nitrogen and oxygen atoms in total. The zero-order valence-corrected chi connectivity index (χ0v) is 22.4. The van der Waals surface area contributed by atoms with Crippen molar-refractivity contribution in [1.29, 1.82) is 0 Å². The van der Waals surface area contributed by atoms with Crippen molar-refractivity contribution in [1.82, 2.24) is 10.3 Å². The van der Waals surface area contributed by atoms with E-state index in [0.717, 1.165) is 5.69 Å². The summed E-state index contributed by atoms with van der Waals surface area (Å²) in [7, 11) is 2.95. The summed E-state index contributed by atoms with van der Waals surface area (Å²) in [6, 6.07) is 19.9. The number of benzene rings is 2. The highest BCUT2D eigenvalue weighted by atomic mass is 32.1. The number of pyridine rings is 1. The van der Waals surface area contributed by atoms with E-state index in [1.807, 2.05) is 35.2 Å². The average Bonchev–Trinajstić information content (AvgIpc) is 3.58. The second-order valence-electron chi connectivity index (χ2n) is 8.87. The largest absolute Gasteiger partial charge is 0.495 e. The van der Waals surface area contributed by atoms with Gasteiger partial charge < -0.3 is 29.4 Å². The Balaban J connectivity index is 1.58. The van der Waals surface area contributed by atoms with Crippen molar-refractivity contribution in [2.24, 2.45) is 0 Å². The first-order valence-electron chi connectivity index (χ1n) is 12.2. The van der Waals surface area contributed by atoms with E-state index >= 15 is 0 Å². The third kappa shape index (κ3) is 5.35. The summed E-state index contributed by atoms with van der Waals surface area (Å²) in [6.45, 7) is -0.117. The summed E-state index contributed by atoms with van der Waals surface area (Å²) in [4.78, 5) is 29.6. The minimum atomic E-state index is -0.481. The molecule has 1 fully saturated rings. The van der Waals surface area contributed by atoms with Gasteiger partial charge in [0.1, 0.15) is 29.9 Å². The molecule has 4 aromatic rings. The van der Waals surface area contributed by atoms with Gasteiger partial charge in [-0.1, -0.05) is 18.2 Å². The first kappa shape index (κ1) is 26.8. The van der Waals surface area contributed by atoms with E-state index in [9.17, 15) is 14.9 Å². The number of aromatic nitrogens is 1. The molecular weight excluding hydrogens is 534 g/mol. The molecule has 3 heterocycles. The minimum absolute atomic E-state index is 0.0339. The number of non-ortho nitro benzene ring substituents is 1. The van der Waals surface area contributed by atoms with Gasteiger partial charge in [0.2, 0.25) is 5.91 Å². The molecule has 2 aromatic heterocycles. The molecule has 204 valence electrons. The number of carbonyl (C=O) groups is 1. The maximum Gasteiger partial charge on any atom is 0.270 e. The second kappa shape index (κ2) is 11.5. The molecule has 1 aliphatic heterocycles. The maximum atomic E-state index is 12.3. The third-order valence-electron chi connectivity index (χ3n) is 6.37. The molecular formula is C28H25N5O6S. The van der Waals surface area contributed by atoms with Crippen LogP contribution in [0.15, 0.2) is 83.4 Å². The van der Waals surface area contributed by atoms with Crippen LogP contribution in [0, 0.1) is 10.1 Å². The van der Waals surface area contributed by atoms with Crippen LogP contribution in [-0.4, -0.2) is 41.8 Å². The van der Waals surface area contributed by atoms with Gasteiger partial charge in [-0.3, -0.25) is 19.9 Å². The molecule has 0 radical (unpaired) electrons. The van der Waals surface area contributed by atoms with Gasteiger partial charge in [-0.05, 0) is 54.7 Å². The van der Waals surface area contributed by atoms with E-state index in [2.05, 4.69) is 15.6 Å². The first-order chi connectivity index (χ1) is 19.4. The van der Waals surface area contributed by atoms with Crippen LogP contribution in [0.1, 0.15) is 23.5 Å². The van der Waals surface area contributed by atoms with E-state index in [4.69, 9.17) is 26.1 Å². The number of rotatable bonds is 9. The first-order valence-corrected chi connectivity index (χ1v) is 12.6. The highest BCUT2D eigenvalue weighted by Crippen LogP contribution is 2.44. The number of ether oxygens (including phenoxy) is 2. The molecule has 0 unspecified atom stereocenters. The Morgan fingerprint density at radius 2 is 2.00 bits per heavy atom. The number of methoxy groups -OCH3 is 2. The number of nitro benzene ring substituents is 1. The van der Waals surface area contributed by atoms with Crippen LogP contribution in [0.5, 0.6) is 5.75 Å². The van der Waals surface area contributed by atoms with Crippen molar-refractivity contribution in [2.45, 2.75) is 12.1 Å². The van der Waals surface area contributed by atoms with Crippen LogP contribution in [-0.2, 0) is 9.53 Å². The van der Waals surface area contributed by atoms with E-state index in [-0.39, 0.29) is 24.2 Å². The molecule has 5 rings (SSSR count). The summed E-state index contributed by atoms with van der Waals surface area (Å²) >= 11 is 5.79. The predicted octanol–water partition coefficient (Wildman–Crippen LogP) is 5.02. The molecule has 2 N–H and O–H groups in total. The summed E-state index contributed by atoms with van der Waals surface area (Å²) in [5, 5.41) is 17.9. The molecule has 0 bridgehead atoms. The van der Waals surface area contributed by atoms with Crippen molar-refractivity contribution in [3.8, 4) is 17.1 Å². The Morgan fingerprint density at radius 3 is 2.73 bits per heavy atom. The number of nitro groups is 1. The van der Waals surface area contributed by atoms with Gasteiger partial charge in [-0.15, -0.1) is 0 Å². The lowest BCUT2D eigenvalue weighted by Crippen LogP contribution is -2.29. The lowest BCUT2D eigenvalue weighted by atomic mass is 10.0. The Hall–Kier alpha value is -4.81. The van der Waals surface area contributed by atoms with Crippen LogP contribution in [0.4, 0.5) is 17.1 Å². The summed E-state index contributed by atoms with van der Waals surface area (Å²) < 4.78 is 16.7. The van der Waals surface area contributed by atoms with Gasteiger partial charge in [0.15, 0.2) is 5.11 Å². The third-order valence-corrected chi connectivity index (χ3v) is 6.68. The van der Waals surface area contributed by atoms with E-state index in [1.54, 1.807) is 36.5 Å². The smallest absolute Gasteiger partial charge is 0.270 e. The lowest BCUT2D eigenvalue weighted by Gasteiger charge is -2.27. The highest BCUT2D eigenvalue weighted by molar-refractivity contribution is 7.80. The Bertz CT molecular complexity index is 1560. The van der Waals surface area contributed by atoms with Gasteiger partial charge in [0, 0.05) is 36.7 Å². The minimum Gasteiger partial charge on any atom is -0.495 e. The lowest BCUT2D eigenvalue weighted by molar-refractivity contribution is -0.384. The van der Waals surface area contributed by atoms with Crippen LogP contribution in [0.2, 0.25) is 0 Å². The standard InChI is InChI=1S/C28H25N5O6S/c1-37-16-25(34)30-21-15-18(9-10-23(21)38-2)32-27(26(31-28(32)40)20-8-3-4-13-29-20)24-12-11-22(39-24)17-6-5-7-19(14-17)33(35)36/h3-15,26-27H,16H2,1-2H3,(H,30,34)(H,31,40)/t26-,27+/m0/s1. The van der Waals surface area contributed by atoms with E-state index in [0.29, 0.717) is 39.3 Å². The topological polar surface area (TPSA) is 132 Å². The molecule has 1 aliphatic rings. The zero-order chi connectivity index (χ0) is 28.2. The number of hydrogen-bond acceptors (Lipinski definition) is 8. The predicted molar refractivity (Wildman–Crippen MR) is 152 cm³/mol. The molecule has 0 saturated carbocycles. The molecule has 1 amide bonds. The van der Waals surface area contributed by atoms with Gasteiger partial charge in [-0.25, -0.2) is 0 Å². The number of amides is 1. The highest BCUT2D eigenvalue weighted by Gasteiger charge is 2.43. The molecule has 0 aliphatic carbocycles. The second-order valence-corrected chi connectivity index (χ2v) is 9.26. The molecule has 40 heavy (non-hydrogen) atoms. The number of thiocarbonyl (C=S) groups is 1. The fourth-order valence-electron chi connectivity index (χ4n) is 4.62. The Kier molecular flexibility index (Phi) is 7.71. The van der Waals surface area contributed by atoms with Crippen LogP contribution in [0.25, 0.3) is 11.3 Å². The zero-order valence-electron chi connectivity index (χ0n) is 21.6. The quantitative estimate of drug-likeness (QED) is 0.164. The SMILES string of the molecule is COCC(=O)Nc1cc(N2C(=S)N[C@@H](c3ccccn3)[C@H]2c2ccc(-c3cccc([N+](=O)[O-])c3)o2)ccc1OC. The van der Waals surface area contributed by atoms with Gasteiger partial charge in [0.05, 0.1) is 29.5 Å². The molecule has 2 aromatic carbocycles. The van der Waals surface area contributed by atoms with Gasteiger partial charge >= 0.3 is 0 Å². The Labute approximate surface area is 234 Å². The van der Waals surface area contributed by atoms with Crippen molar-refractivity contribution in [3.63, 3.8) is 0 Å². The average molecular weight is 560 g/mol. The molecule has 12 heteroatoms. The van der Waals surface area contributed by atoms with Crippen molar-refractivity contribution in [2.75, 3.05) is 31.0 Å². The summed E-state index contributed by atoms with van der Waals surface area (Å²) in [5.41, 5.74) is 2.40. The molecule has 2 atom stereocenters. The van der Waals surface area contributed by atoms with Gasteiger partial charge in [-0.2, -0.15) is 0 Å². The normalized spacial score (nSPS) is 16.4. The van der Waals surface area contributed by atoms with Gasteiger partial charge in [0.25, 0.3) is 5.69 Å². The van der Waals surface area contributed by atoms with Crippen molar-refractivity contribution < 1.29 is 23.6 Å². The van der Waals surface area contributed by atoms with Crippen LogP contribution >= 0.6 is 12.2 Å². The number of nitrogens with one attached hydrogen (secondary N) is 2. The number of carbonyl (C=O) groups excluding carboxylic acids is 1. The van der Waals surface area contributed by atoms with E-state index in [1.165, 1.54) is 26.4 Å². The Morgan fingerprint density at radius 1 is 1.15 bits per heavy atom. The van der Waals surface area contributed by atoms with Crippen LogP contribution < -0.4 is 20.3 Å². The fourth-order valence-corrected chi connectivity index (χ4v) is 4.97. The summed E-state index contributed by atoms with van der Waals surface area (Å²) in [5.74, 6) is 1.16. The number of hydrogen-bond donors (Lipinski definition) is 2.